The Morgan fingerprint density at radius 1 is 1.23 bits per heavy atom. The van der Waals surface area contributed by atoms with Crippen molar-refractivity contribution < 1.29 is 14.6 Å². The lowest BCUT2D eigenvalue weighted by atomic mass is 10.1. The lowest BCUT2D eigenvalue weighted by molar-refractivity contribution is -0.0459. The van der Waals surface area contributed by atoms with E-state index in [0.29, 0.717) is 19.8 Å². The highest BCUT2D eigenvalue weighted by Gasteiger charge is 2.23. The molecule has 6 heteroatoms. The highest BCUT2D eigenvalue weighted by molar-refractivity contribution is 9.10. The van der Waals surface area contributed by atoms with Gasteiger partial charge >= 0.3 is 0 Å². The highest BCUT2D eigenvalue weighted by Crippen LogP contribution is 2.24. The van der Waals surface area contributed by atoms with E-state index in [2.05, 4.69) is 33.0 Å². The van der Waals surface area contributed by atoms with Crippen LogP contribution in [-0.4, -0.2) is 49.0 Å². The summed E-state index contributed by atoms with van der Waals surface area (Å²) in [6.45, 7) is 5.17. The van der Waals surface area contributed by atoms with Crippen molar-refractivity contribution in [2.24, 2.45) is 0 Å². The van der Waals surface area contributed by atoms with Crippen molar-refractivity contribution in [2.45, 2.75) is 19.1 Å². The Bertz CT molecular complexity index is 683. The molecule has 3 rings (SSSR count). The number of hydrogen-bond donors (Lipinski definition) is 1. The largest absolute Gasteiger partial charge is 0.491 e. The smallest absolute Gasteiger partial charge is 0.122 e. The Morgan fingerprint density at radius 2 is 1.96 bits per heavy atom. The molecule has 2 aromatic rings. The first-order valence-corrected chi connectivity index (χ1v) is 9.37. The van der Waals surface area contributed by atoms with E-state index < -0.39 is 6.10 Å². The number of halogens is 2. The van der Waals surface area contributed by atoms with Gasteiger partial charge in [0.25, 0.3) is 0 Å². The van der Waals surface area contributed by atoms with Gasteiger partial charge in [-0.3, -0.25) is 4.90 Å². The average molecular weight is 443 g/mol. The summed E-state index contributed by atoms with van der Waals surface area (Å²) in [7, 11) is 0. The van der Waals surface area contributed by atoms with E-state index >= 15 is 0 Å². The Kier molecular flexibility index (Phi) is 8.38. The Balaban J connectivity index is 0.00000243. The second kappa shape index (κ2) is 10.3. The number of para-hydroxylation sites is 1. The van der Waals surface area contributed by atoms with Crippen molar-refractivity contribution in [1.82, 2.24) is 4.90 Å². The minimum Gasteiger partial charge on any atom is -0.491 e. The molecule has 2 aromatic carbocycles. The molecular weight excluding hydrogens is 418 g/mol. The van der Waals surface area contributed by atoms with Crippen molar-refractivity contribution >= 4 is 28.3 Å². The van der Waals surface area contributed by atoms with Gasteiger partial charge in [0.2, 0.25) is 0 Å². The molecule has 1 heterocycles. The van der Waals surface area contributed by atoms with E-state index in [9.17, 15) is 5.11 Å². The monoisotopic (exact) mass is 441 g/mol. The molecule has 1 aliphatic heterocycles. The molecule has 0 radical (unpaired) electrons. The van der Waals surface area contributed by atoms with E-state index in [1.165, 1.54) is 5.56 Å². The maximum Gasteiger partial charge on any atom is 0.122 e. The molecule has 26 heavy (non-hydrogen) atoms. The maximum absolute atomic E-state index is 10.3. The van der Waals surface area contributed by atoms with Crippen LogP contribution in [0.25, 0.3) is 0 Å². The van der Waals surface area contributed by atoms with Gasteiger partial charge in [-0.1, -0.05) is 46.3 Å². The van der Waals surface area contributed by atoms with Crippen LogP contribution in [0.4, 0.5) is 0 Å². The zero-order valence-corrected chi connectivity index (χ0v) is 17.2. The predicted octanol–water partition coefficient (Wildman–Crippen LogP) is 3.99. The first-order chi connectivity index (χ1) is 12.1. The van der Waals surface area contributed by atoms with Crippen LogP contribution >= 0.6 is 28.3 Å². The Hall–Kier alpha value is -1.11. The standard InChI is InChI=1S/C20H24BrNO3.ClH/c1-15-4-2-3-5-19(15)25-14-18(23)12-22-10-11-24-20(13-22)16-6-8-17(21)9-7-16;/h2-9,18,20,23H,10-14H2,1H3;1H. The summed E-state index contributed by atoms with van der Waals surface area (Å²) in [4.78, 5) is 2.24. The fourth-order valence-corrected chi connectivity index (χ4v) is 3.27. The quantitative estimate of drug-likeness (QED) is 0.734. The third-order valence-electron chi connectivity index (χ3n) is 4.39. The summed E-state index contributed by atoms with van der Waals surface area (Å²) in [6.07, 6.45) is -0.477. The molecule has 4 nitrogen and oxygen atoms in total. The van der Waals surface area contributed by atoms with Gasteiger partial charge in [0, 0.05) is 24.1 Å². The molecule has 2 atom stereocenters. The van der Waals surface area contributed by atoms with Crippen LogP contribution in [0, 0.1) is 6.92 Å². The van der Waals surface area contributed by atoms with E-state index in [1.807, 2.05) is 43.3 Å². The van der Waals surface area contributed by atoms with Gasteiger partial charge in [-0.2, -0.15) is 0 Å². The van der Waals surface area contributed by atoms with E-state index in [-0.39, 0.29) is 18.5 Å². The topological polar surface area (TPSA) is 41.9 Å². The van der Waals surface area contributed by atoms with Gasteiger partial charge in [-0.15, -0.1) is 12.4 Å². The number of β-amino-alcohol motifs (C(OH)–C–C–N with tert-alkyl or cyclic N) is 1. The zero-order chi connectivity index (χ0) is 17.6. The number of aliphatic hydroxyl groups excluding tert-OH is 1. The molecule has 0 amide bonds. The second-order valence-electron chi connectivity index (χ2n) is 6.40. The Morgan fingerprint density at radius 3 is 2.69 bits per heavy atom. The van der Waals surface area contributed by atoms with Crippen molar-refractivity contribution in [2.75, 3.05) is 32.8 Å². The molecule has 0 bridgehead atoms. The van der Waals surface area contributed by atoms with Gasteiger partial charge in [0.05, 0.1) is 12.7 Å². The summed E-state index contributed by atoms with van der Waals surface area (Å²) in [5.41, 5.74) is 2.25. The second-order valence-corrected chi connectivity index (χ2v) is 7.32. The summed E-state index contributed by atoms with van der Waals surface area (Å²) < 4.78 is 12.7. The number of aryl methyl sites for hydroxylation is 1. The minimum atomic E-state index is -0.525. The molecule has 142 valence electrons. The van der Waals surface area contributed by atoms with Gasteiger partial charge in [0.1, 0.15) is 18.5 Å². The van der Waals surface area contributed by atoms with Crippen LogP contribution in [0.2, 0.25) is 0 Å². The Labute approximate surface area is 169 Å². The molecule has 2 unspecified atom stereocenters. The molecular formula is C20H25BrClNO3. The average Bonchev–Trinajstić information content (AvgIpc) is 2.62. The van der Waals surface area contributed by atoms with Crippen LogP contribution in [0.15, 0.2) is 53.0 Å². The summed E-state index contributed by atoms with van der Waals surface area (Å²) >= 11 is 3.46. The van der Waals surface area contributed by atoms with Gasteiger partial charge < -0.3 is 14.6 Å². The molecule has 1 saturated heterocycles. The zero-order valence-electron chi connectivity index (χ0n) is 14.8. The van der Waals surface area contributed by atoms with Crippen molar-refractivity contribution in [1.29, 1.82) is 0 Å². The SMILES string of the molecule is Cc1ccccc1OCC(O)CN1CCOC(c2ccc(Br)cc2)C1.Cl. The number of ether oxygens (including phenoxy) is 2. The summed E-state index contributed by atoms with van der Waals surface area (Å²) in [6, 6.07) is 16.1. The highest BCUT2D eigenvalue weighted by atomic mass is 79.9. The van der Waals surface area contributed by atoms with E-state index in [4.69, 9.17) is 9.47 Å². The lowest BCUT2D eigenvalue weighted by Gasteiger charge is -2.34. The number of benzene rings is 2. The van der Waals surface area contributed by atoms with Crippen LogP contribution in [-0.2, 0) is 4.74 Å². The number of nitrogens with zero attached hydrogens (tertiary/aromatic N) is 1. The minimum absolute atomic E-state index is 0. The number of hydrogen-bond acceptors (Lipinski definition) is 4. The van der Waals surface area contributed by atoms with Crippen LogP contribution < -0.4 is 4.74 Å². The number of rotatable bonds is 6. The van der Waals surface area contributed by atoms with E-state index in [0.717, 1.165) is 28.9 Å². The molecule has 1 N–H and O–H groups in total. The van der Waals surface area contributed by atoms with Gasteiger partial charge in [0.15, 0.2) is 0 Å². The molecule has 1 aliphatic rings. The maximum atomic E-state index is 10.3. The predicted molar refractivity (Wildman–Crippen MR) is 109 cm³/mol. The van der Waals surface area contributed by atoms with Crippen LogP contribution in [0.5, 0.6) is 5.75 Å². The van der Waals surface area contributed by atoms with Crippen molar-refractivity contribution in [3.63, 3.8) is 0 Å². The summed E-state index contributed by atoms with van der Waals surface area (Å²) in [5.74, 6) is 0.830. The molecule has 0 aromatic heterocycles. The van der Waals surface area contributed by atoms with E-state index in [1.54, 1.807) is 0 Å². The van der Waals surface area contributed by atoms with Crippen LogP contribution in [0.1, 0.15) is 17.2 Å². The normalized spacial score (nSPS) is 18.8. The third-order valence-corrected chi connectivity index (χ3v) is 4.91. The van der Waals surface area contributed by atoms with Crippen LogP contribution in [0.3, 0.4) is 0 Å². The van der Waals surface area contributed by atoms with Crippen molar-refractivity contribution in [3.8, 4) is 5.75 Å². The molecule has 0 spiro atoms. The van der Waals surface area contributed by atoms with Gasteiger partial charge in [-0.05, 0) is 36.2 Å². The first-order valence-electron chi connectivity index (χ1n) is 8.58. The van der Waals surface area contributed by atoms with Crippen molar-refractivity contribution in [3.05, 3.63) is 64.1 Å². The summed E-state index contributed by atoms with van der Waals surface area (Å²) in [5, 5.41) is 10.3. The fraction of sp³-hybridized carbons (Fsp3) is 0.400. The number of morpholine rings is 1. The fourth-order valence-electron chi connectivity index (χ4n) is 3.00. The molecule has 1 fully saturated rings. The molecule has 0 saturated carbocycles. The lowest BCUT2D eigenvalue weighted by Crippen LogP contribution is -2.43. The number of aliphatic hydroxyl groups is 1. The van der Waals surface area contributed by atoms with Gasteiger partial charge in [-0.25, -0.2) is 0 Å². The first kappa shape index (κ1) is 21.2. The molecule has 0 aliphatic carbocycles. The third kappa shape index (κ3) is 5.96.